The molecule has 0 saturated carbocycles. The first-order chi connectivity index (χ1) is 21.2. The van der Waals surface area contributed by atoms with Gasteiger partial charge in [0.25, 0.3) is 0 Å². The Balaban J connectivity index is 1.31. The minimum Gasteiger partial charge on any atom is -0.387 e. The van der Waals surface area contributed by atoms with Crippen molar-refractivity contribution >= 4 is 11.8 Å². The molecule has 248 valence electrons. The Labute approximate surface area is 265 Å². The molecule has 2 bridgehead atoms. The van der Waals surface area contributed by atoms with Gasteiger partial charge in [-0.25, -0.2) is 0 Å². The molecule has 11 heteroatoms. The molecular weight excluding hydrogens is 578 g/mol. The van der Waals surface area contributed by atoms with Crippen LogP contribution in [0.2, 0.25) is 0 Å². The Hall–Kier alpha value is -2.90. The van der Waals surface area contributed by atoms with Crippen molar-refractivity contribution in [3.63, 3.8) is 0 Å². The molecular formula is C34H49N3O8. The van der Waals surface area contributed by atoms with Crippen LogP contribution in [0.25, 0.3) is 0 Å². The summed E-state index contributed by atoms with van der Waals surface area (Å²) in [6.45, 7) is 6.43. The van der Waals surface area contributed by atoms with E-state index in [9.17, 15) is 30.0 Å². The largest absolute Gasteiger partial charge is 0.387 e. The lowest BCUT2D eigenvalue weighted by Crippen LogP contribution is -2.70. The first-order valence-electron chi connectivity index (χ1n) is 15.6. The SMILES string of the molecule is Cc1ccc([C@]23OC[C@](C(C)(C)O)(O2)[C@@H](O)[C@H](O)[C@H]3O)cc1Cc1ccc(CCCC(=O)NCCC(=O)NCCN(C)C)cc1. The van der Waals surface area contributed by atoms with E-state index < -0.39 is 35.3 Å². The number of likely N-dealkylation sites (N-methyl/N-ethyl adjacent to an activating group) is 1. The van der Waals surface area contributed by atoms with E-state index in [1.807, 2.05) is 62.3 Å². The maximum absolute atomic E-state index is 12.2. The predicted molar refractivity (Wildman–Crippen MR) is 168 cm³/mol. The summed E-state index contributed by atoms with van der Waals surface area (Å²) in [4.78, 5) is 26.0. The number of ether oxygens (including phenoxy) is 2. The predicted octanol–water partition coefficient (Wildman–Crippen LogP) is 0.898. The average Bonchev–Trinajstić information content (AvgIpc) is 3.38. The summed E-state index contributed by atoms with van der Waals surface area (Å²) in [6, 6.07) is 13.7. The highest BCUT2D eigenvalue weighted by Gasteiger charge is 2.71. The number of aryl methyl sites for hydroxylation is 2. The molecule has 0 aliphatic carbocycles. The first kappa shape index (κ1) is 35.0. The standard InChI is InChI=1S/C34H49N3O8/c1-22-9-14-26(34-31(42)29(40)30(41)33(45-34,21-44-34)32(2,3)43)20-25(22)19-24-12-10-23(11-13-24)7-6-8-27(38)35-16-15-28(39)36-17-18-37(4)5/h9-14,20,29-31,40-43H,6-8,15-19,21H2,1-5H3,(H,35,38)(H,36,39)/t29-,30-,31+,33-,34-/m0/s1. The highest BCUT2D eigenvalue weighted by atomic mass is 16.8. The topological polar surface area (TPSA) is 161 Å². The van der Waals surface area contributed by atoms with Crippen LogP contribution in [0.3, 0.4) is 0 Å². The van der Waals surface area contributed by atoms with Gasteiger partial charge in [0.2, 0.25) is 17.6 Å². The zero-order valence-electron chi connectivity index (χ0n) is 27.0. The highest BCUT2D eigenvalue weighted by Crippen LogP contribution is 2.53. The lowest BCUT2D eigenvalue weighted by atomic mass is 9.75. The van der Waals surface area contributed by atoms with Crippen LogP contribution in [-0.4, -0.2) is 107 Å². The number of carbonyl (C=O) groups is 2. The van der Waals surface area contributed by atoms with Crippen LogP contribution in [0.5, 0.6) is 0 Å². The van der Waals surface area contributed by atoms with E-state index in [0.29, 0.717) is 37.9 Å². The van der Waals surface area contributed by atoms with Gasteiger partial charge in [0.15, 0.2) is 5.60 Å². The quantitative estimate of drug-likeness (QED) is 0.179. The molecule has 0 radical (unpaired) electrons. The van der Waals surface area contributed by atoms with Gasteiger partial charge in [-0.15, -0.1) is 0 Å². The number of nitrogens with one attached hydrogen (secondary N) is 2. The van der Waals surface area contributed by atoms with Crippen molar-refractivity contribution in [3.8, 4) is 0 Å². The van der Waals surface area contributed by atoms with Gasteiger partial charge in [-0.05, 0) is 82.4 Å². The van der Waals surface area contributed by atoms with Crippen molar-refractivity contribution in [1.29, 1.82) is 0 Å². The fourth-order valence-corrected chi connectivity index (χ4v) is 5.97. The van der Waals surface area contributed by atoms with Gasteiger partial charge in [-0.3, -0.25) is 9.59 Å². The number of aliphatic hydroxyl groups excluding tert-OH is 3. The van der Waals surface area contributed by atoms with Crippen LogP contribution < -0.4 is 10.6 Å². The zero-order valence-corrected chi connectivity index (χ0v) is 27.0. The van der Waals surface area contributed by atoms with Gasteiger partial charge in [0, 0.05) is 38.0 Å². The number of hydrogen-bond donors (Lipinski definition) is 6. The van der Waals surface area contributed by atoms with Crippen LogP contribution >= 0.6 is 0 Å². The molecule has 2 saturated heterocycles. The summed E-state index contributed by atoms with van der Waals surface area (Å²) in [5.41, 5.74) is 1.49. The fraction of sp³-hybridized carbons (Fsp3) is 0.588. The second kappa shape index (κ2) is 14.3. The molecule has 2 fully saturated rings. The summed E-state index contributed by atoms with van der Waals surface area (Å²) < 4.78 is 12.2. The van der Waals surface area contributed by atoms with E-state index in [1.54, 1.807) is 6.07 Å². The number of aliphatic hydroxyl groups is 4. The first-order valence-corrected chi connectivity index (χ1v) is 15.6. The molecule has 2 aromatic rings. The lowest BCUT2D eigenvalue weighted by molar-refractivity contribution is -0.348. The number of carbonyl (C=O) groups excluding carboxylic acids is 2. The minimum absolute atomic E-state index is 0.0670. The number of amides is 2. The highest BCUT2D eigenvalue weighted by molar-refractivity contribution is 5.78. The van der Waals surface area contributed by atoms with Crippen molar-refractivity contribution in [2.75, 3.05) is 40.3 Å². The van der Waals surface area contributed by atoms with E-state index >= 15 is 0 Å². The second-order valence-electron chi connectivity index (χ2n) is 13.1. The van der Waals surface area contributed by atoms with Crippen molar-refractivity contribution in [2.24, 2.45) is 0 Å². The Kier molecular flexibility index (Phi) is 11.1. The Morgan fingerprint density at radius 3 is 2.27 bits per heavy atom. The molecule has 0 unspecified atom stereocenters. The van der Waals surface area contributed by atoms with Gasteiger partial charge >= 0.3 is 0 Å². The molecule has 0 spiro atoms. The van der Waals surface area contributed by atoms with E-state index in [-0.39, 0.29) is 24.8 Å². The summed E-state index contributed by atoms with van der Waals surface area (Å²) in [5.74, 6) is -1.88. The lowest BCUT2D eigenvalue weighted by Gasteiger charge is -2.50. The zero-order chi connectivity index (χ0) is 33.0. The van der Waals surface area contributed by atoms with Gasteiger partial charge in [0.05, 0.1) is 12.2 Å². The minimum atomic E-state index is -1.74. The molecule has 45 heavy (non-hydrogen) atoms. The molecule has 0 aromatic heterocycles. The third-order valence-electron chi connectivity index (χ3n) is 8.98. The van der Waals surface area contributed by atoms with Gasteiger partial charge in [-0.2, -0.15) is 0 Å². The molecule has 6 N–H and O–H groups in total. The van der Waals surface area contributed by atoms with Crippen molar-refractivity contribution in [3.05, 3.63) is 70.3 Å². The van der Waals surface area contributed by atoms with Crippen molar-refractivity contribution < 1.29 is 39.5 Å². The number of benzene rings is 2. The smallest absolute Gasteiger partial charge is 0.225 e. The summed E-state index contributed by atoms with van der Waals surface area (Å²) in [7, 11) is 3.89. The maximum Gasteiger partial charge on any atom is 0.225 e. The van der Waals surface area contributed by atoms with Crippen LogP contribution in [0.15, 0.2) is 42.5 Å². The Morgan fingerprint density at radius 2 is 1.60 bits per heavy atom. The van der Waals surface area contributed by atoms with Crippen LogP contribution in [0.1, 0.15) is 60.9 Å². The van der Waals surface area contributed by atoms with Crippen molar-refractivity contribution in [1.82, 2.24) is 15.5 Å². The molecule has 4 rings (SSSR count). The van der Waals surface area contributed by atoms with E-state index in [4.69, 9.17) is 9.47 Å². The van der Waals surface area contributed by atoms with E-state index in [0.717, 1.165) is 35.2 Å². The normalized spacial score (nSPS) is 26.2. The Morgan fingerprint density at radius 1 is 0.956 bits per heavy atom. The average molecular weight is 628 g/mol. The summed E-state index contributed by atoms with van der Waals surface area (Å²) in [5, 5.41) is 49.0. The van der Waals surface area contributed by atoms with Crippen molar-refractivity contribution in [2.45, 2.75) is 88.2 Å². The molecule has 2 amide bonds. The van der Waals surface area contributed by atoms with Crippen LogP contribution in [0, 0.1) is 6.92 Å². The molecule has 2 aliphatic heterocycles. The molecule has 2 aromatic carbocycles. The van der Waals surface area contributed by atoms with Gasteiger partial charge in [0.1, 0.15) is 18.3 Å². The van der Waals surface area contributed by atoms with E-state index in [1.165, 1.54) is 13.8 Å². The number of hydrogen-bond acceptors (Lipinski definition) is 9. The number of rotatable bonds is 14. The monoisotopic (exact) mass is 627 g/mol. The number of nitrogens with zero attached hydrogens (tertiary/aromatic N) is 1. The Bertz CT molecular complexity index is 1330. The van der Waals surface area contributed by atoms with Crippen LogP contribution in [0.4, 0.5) is 0 Å². The third kappa shape index (κ3) is 7.74. The van der Waals surface area contributed by atoms with Gasteiger partial charge in [-0.1, -0.05) is 36.4 Å². The number of fused-ring (bicyclic) bond motifs is 2. The summed E-state index contributed by atoms with van der Waals surface area (Å²) in [6.07, 6.45) is -2.01. The second-order valence-corrected chi connectivity index (χ2v) is 13.1. The molecule has 2 aliphatic rings. The molecule has 11 nitrogen and oxygen atoms in total. The van der Waals surface area contributed by atoms with Crippen LogP contribution in [-0.2, 0) is 37.7 Å². The van der Waals surface area contributed by atoms with Gasteiger partial charge < -0.3 is 45.4 Å². The summed E-state index contributed by atoms with van der Waals surface area (Å²) >= 11 is 0. The molecule has 2 heterocycles. The maximum atomic E-state index is 12.2. The van der Waals surface area contributed by atoms with E-state index in [2.05, 4.69) is 10.6 Å². The third-order valence-corrected chi connectivity index (χ3v) is 8.98. The molecule has 5 atom stereocenters. The fourth-order valence-electron chi connectivity index (χ4n) is 5.97.